The van der Waals surface area contributed by atoms with Crippen LogP contribution in [-0.4, -0.2) is 24.1 Å². The van der Waals surface area contributed by atoms with Crippen LogP contribution in [0.25, 0.3) is 89.2 Å². The molecule has 234 valence electrons. The van der Waals surface area contributed by atoms with Crippen LogP contribution in [0, 0.1) is 0 Å². The van der Waals surface area contributed by atoms with Crippen LogP contribution in [0.3, 0.4) is 0 Å². The number of fused-ring (bicyclic) bond motifs is 6. The molecule has 0 aliphatic carbocycles. The molecule has 0 amide bonds. The van der Waals surface area contributed by atoms with Crippen LogP contribution in [-0.2, 0) is 0 Å². The highest BCUT2D eigenvalue weighted by molar-refractivity contribution is 6.19. The van der Waals surface area contributed by atoms with Gasteiger partial charge in [0.1, 0.15) is 0 Å². The Morgan fingerprint density at radius 3 is 1.56 bits per heavy atom. The van der Waals surface area contributed by atoms with Crippen LogP contribution in [0.15, 0.2) is 176 Å². The van der Waals surface area contributed by atoms with Gasteiger partial charge >= 0.3 is 0 Å². The number of aromatic nitrogens is 5. The first kappa shape index (κ1) is 23.5. The van der Waals surface area contributed by atoms with Gasteiger partial charge in [0.25, 0.3) is 0 Å². The minimum absolute atomic E-state index is 0.161. The van der Waals surface area contributed by atoms with E-state index in [2.05, 4.69) is 45.5 Å². The van der Waals surface area contributed by atoms with Gasteiger partial charge in [-0.15, -0.1) is 0 Å². The van der Waals surface area contributed by atoms with E-state index in [0.29, 0.717) is 23.2 Å². The topological polar surface area (TPSA) is 48.5 Å². The quantitative estimate of drug-likeness (QED) is 0.187. The van der Waals surface area contributed by atoms with Crippen molar-refractivity contribution in [3.63, 3.8) is 0 Å². The third-order valence-electron chi connectivity index (χ3n) is 9.25. The molecule has 0 N–H and O–H groups in total. The lowest BCUT2D eigenvalue weighted by atomic mass is 10.1. The molecule has 0 aliphatic heterocycles. The summed E-state index contributed by atoms with van der Waals surface area (Å²) in [7, 11) is 0. The maximum Gasteiger partial charge on any atom is 0.238 e. The van der Waals surface area contributed by atoms with Crippen molar-refractivity contribution in [1.29, 1.82) is 0 Å². The second kappa shape index (κ2) is 11.4. The summed E-state index contributed by atoms with van der Waals surface area (Å²) in [5, 5.41) is 4.20. The summed E-state index contributed by atoms with van der Waals surface area (Å²) in [5.74, 6) is 1.62. The van der Waals surface area contributed by atoms with Crippen molar-refractivity contribution >= 4 is 43.6 Å². The molecule has 10 aromatic rings. The average Bonchev–Trinajstić information content (AvgIpc) is 3.74. The molecule has 0 fully saturated rings. The lowest BCUT2D eigenvalue weighted by Crippen LogP contribution is -2.06. The van der Waals surface area contributed by atoms with Crippen molar-refractivity contribution < 1.29 is 6.85 Å². The Bertz CT molecular complexity index is 3070. The van der Waals surface area contributed by atoms with E-state index in [4.69, 9.17) is 21.8 Å². The third-order valence-corrected chi connectivity index (χ3v) is 9.25. The third kappa shape index (κ3) is 4.52. The van der Waals surface area contributed by atoms with E-state index >= 15 is 0 Å². The van der Waals surface area contributed by atoms with Crippen LogP contribution >= 0.6 is 0 Å². The number of nitrogens with zero attached hydrogens (tertiary/aromatic N) is 5. The Morgan fingerprint density at radius 2 is 0.920 bits per heavy atom. The molecule has 5 nitrogen and oxygen atoms in total. The molecule has 0 saturated carbocycles. The highest BCUT2D eigenvalue weighted by Gasteiger charge is 2.21. The van der Waals surface area contributed by atoms with E-state index in [9.17, 15) is 0 Å². The monoisotopic (exact) mass is 644 g/mol. The lowest BCUT2D eigenvalue weighted by molar-refractivity contribution is 0.953. The van der Waals surface area contributed by atoms with Crippen molar-refractivity contribution in [2.75, 3.05) is 0 Å². The summed E-state index contributed by atoms with van der Waals surface area (Å²) in [5.41, 5.74) is 7.00. The molecule has 0 saturated heterocycles. The van der Waals surface area contributed by atoms with Gasteiger partial charge in [0, 0.05) is 38.4 Å². The molecule has 0 aliphatic rings. The van der Waals surface area contributed by atoms with Crippen molar-refractivity contribution in [1.82, 2.24) is 24.1 Å². The minimum Gasteiger partial charge on any atom is -0.309 e. The van der Waals surface area contributed by atoms with Crippen molar-refractivity contribution in [3.8, 4) is 45.5 Å². The van der Waals surface area contributed by atoms with E-state index in [1.165, 1.54) is 0 Å². The van der Waals surface area contributed by atoms with E-state index in [1.807, 2.05) is 103 Å². The first-order valence-corrected chi connectivity index (χ1v) is 16.4. The van der Waals surface area contributed by atoms with Crippen LogP contribution < -0.4 is 0 Å². The number of benzene rings is 7. The Hall–Kier alpha value is -6.85. The van der Waals surface area contributed by atoms with E-state index in [0.717, 1.165) is 60.4 Å². The predicted molar refractivity (Wildman–Crippen MR) is 205 cm³/mol. The second-order valence-corrected chi connectivity index (χ2v) is 12.2. The molecule has 50 heavy (non-hydrogen) atoms. The Morgan fingerprint density at radius 1 is 0.380 bits per heavy atom. The molecule has 0 radical (unpaired) electrons. The smallest absolute Gasteiger partial charge is 0.238 e. The Balaban J connectivity index is 1.27. The molecule has 0 unspecified atom stereocenters. The molecular formula is C45H29N5. The zero-order chi connectivity index (χ0) is 37.4. The van der Waals surface area contributed by atoms with Gasteiger partial charge in [0.15, 0.2) is 11.6 Å². The van der Waals surface area contributed by atoms with Gasteiger partial charge in [0.05, 0.1) is 28.9 Å². The summed E-state index contributed by atoms with van der Waals surface area (Å²) in [4.78, 5) is 15.2. The maximum atomic E-state index is 8.67. The molecule has 3 aromatic heterocycles. The largest absolute Gasteiger partial charge is 0.309 e. The summed E-state index contributed by atoms with van der Waals surface area (Å²) >= 11 is 0. The average molecular weight is 645 g/mol. The van der Waals surface area contributed by atoms with Gasteiger partial charge in [-0.25, -0.2) is 4.98 Å². The summed E-state index contributed by atoms with van der Waals surface area (Å²) in [6.45, 7) is 0. The van der Waals surface area contributed by atoms with Gasteiger partial charge in [-0.05, 0) is 47.5 Å². The fraction of sp³-hybridized carbons (Fsp3) is 0. The fourth-order valence-electron chi connectivity index (χ4n) is 7.02. The van der Waals surface area contributed by atoms with Crippen molar-refractivity contribution in [2.24, 2.45) is 0 Å². The van der Waals surface area contributed by atoms with Crippen molar-refractivity contribution in [3.05, 3.63) is 176 Å². The highest BCUT2D eigenvalue weighted by atomic mass is 15.2. The Labute approximate surface area is 295 Å². The molecule has 3 heterocycles. The summed E-state index contributed by atoms with van der Waals surface area (Å²) in [6, 6.07) is 46.7. The Kier molecular flexibility index (Phi) is 5.35. The standard InChI is InChI=1S/C45H29N5/c1-4-15-30(16-5-1)33-21-14-22-34(27-33)49-39-25-12-10-23-35(39)37-28-38-36-24-11-13-26-40(36)50(42(38)29-41(37)49)45-47-43(31-17-6-2-7-18-31)46-44(48-45)32-19-8-3-9-20-32/h1-29H/i1D,4D,5D,15D,16D. The molecule has 0 spiro atoms. The van der Waals surface area contributed by atoms with Gasteiger partial charge in [0.2, 0.25) is 5.95 Å². The molecule has 0 atom stereocenters. The van der Waals surface area contributed by atoms with E-state index in [1.54, 1.807) is 6.07 Å². The summed E-state index contributed by atoms with van der Waals surface area (Å²) in [6.07, 6.45) is 0. The van der Waals surface area contributed by atoms with Crippen LogP contribution in [0.2, 0.25) is 0 Å². The van der Waals surface area contributed by atoms with Gasteiger partial charge in [-0.2, -0.15) is 9.97 Å². The zero-order valence-electron chi connectivity index (χ0n) is 31.6. The number of para-hydroxylation sites is 2. The molecule has 10 rings (SSSR count). The molecule has 7 aromatic carbocycles. The maximum absolute atomic E-state index is 8.67. The van der Waals surface area contributed by atoms with E-state index in [-0.39, 0.29) is 29.7 Å². The lowest BCUT2D eigenvalue weighted by Gasteiger charge is -2.12. The fourth-order valence-corrected chi connectivity index (χ4v) is 7.02. The normalized spacial score (nSPS) is 13.0. The SMILES string of the molecule is [2H]c1c([2H])c([2H])c(-c2cccc(-n3c4ccccc4c4cc5c6ccccc6n(-c6nc(-c7ccccc7)nc(-c7ccccc7)n6)c5cc43)c2)c([2H])c1[2H]. The van der Waals surface area contributed by atoms with Crippen LogP contribution in [0.5, 0.6) is 0 Å². The second-order valence-electron chi connectivity index (χ2n) is 12.2. The van der Waals surface area contributed by atoms with Gasteiger partial charge in [-0.3, -0.25) is 4.57 Å². The number of hydrogen-bond donors (Lipinski definition) is 0. The van der Waals surface area contributed by atoms with Crippen LogP contribution in [0.4, 0.5) is 0 Å². The van der Waals surface area contributed by atoms with Crippen LogP contribution in [0.1, 0.15) is 6.85 Å². The first-order valence-electron chi connectivity index (χ1n) is 18.9. The van der Waals surface area contributed by atoms with E-state index < -0.39 is 6.04 Å². The molecule has 5 heteroatoms. The van der Waals surface area contributed by atoms with Crippen molar-refractivity contribution in [2.45, 2.75) is 0 Å². The molecule has 0 bridgehead atoms. The summed E-state index contributed by atoms with van der Waals surface area (Å²) < 4.78 is 46.3. The predicted octanol–water partition coefficient (Wildman–Crippen LogP) is 11.1. The minimum atomic E-state index is -0.415. The number of hydrogen-bond acceptors (Lipinski definition) is 3. The first-order chi connectivity index (χ1) is 26.9. The highest BCUT2D eigenvalue weighted by Crippen LogP contribution is 2.40. The van der Waals surface area contributed by atoms with Gasteiger partial charge < -0.3 is 4.57 Å². The zero-order valence-corrected chi connectivity index (χ0v) is 26.6. The molecular weight excluding hydrogens is 611 g/mol. The number of rotatable bonds is 5. The van der Waals surface area contributed by atoms with Gasteiger partial charge in [-0.1, -0.05) is 139 Å².